The highest BCUT2D eigenvalue weighted by atomic mass is 32.2. The van der Waals surface area contributed by atoms with Gasteiger partial charge in [0.25, 0.3) is 15.9 Å². The molecule has 1 heterocycles. The molecule has 0 saturated carbocycles. The number of ether oxygens (including phenoxy) is 1. The lowest BCUT2D eigenvalue weighted by Crippen LogP contribution is -2.66. The van der Waals surface area contributed by atoms with Crippen molar-refractivity contribution in [3.63, 3.8) is 0 Å². The van der Waals surface area contributed by atoms with Crippen LogP contribution in [0.2, 0.25) is 0 Å². The van der Waals surface area contributed by atoms with Crippen LogP contribution in [0.4, 0.5) is 0 Å². The molecule has 1 aromatic carbocycles. The largest absolute Gasteiger partial charge is 0.497 e. The van der Waals surface area contributed by atoms with E-state index in [2.05, 4.69) is 0 Å². The van der Waals surface area contributed by atoms with E-state index in [0.29, 0.717) is 11.3 Å². The molecule has 0 bridgehead atoms. The minimum absolute atomic E-state index is 0.128. The van der Waals surface area contributed by atoms with Crippen molar-refractivity contribution >= 4 is 28.5 Å². The molecule has 1 aromatic rings. The summed E-state index contributed by atoms with van der Waals surface area (Å²) in [5, 5.41) is 18.7. The Hall–Kier alpha value is -1.58. The lowest BCUT2D eigenvalue weighted by molar-refractivity contribution is -0.132. The Morgan fingerprint density at radius 1 is 1.33 bits per heavy atom. The third-order valence-corrected chi connectivity index (χ3v) is 5.96. The van der Waals surface area contributed by atoms with Crippen LogP contribution in [-0.4, -0.2) is 47.7 Å². The molecule has 9 heteroatoms. The summed E-state index contributed by atoms with van der Waals surface area (Å²) in [6.07, 6.45) is 0. The fourth-order valence-electron chi connectivity index (χ4n) is 2.17. The maximum absolute atomic E-state index is 12.1. The quantitative estimate of drug-likeness (QED) is 0.679. The van der Waals surface area contributed by atoms with Crippen LogP contribution >= 0.6 is 0 Å². The molecule has 0 unspecified atom stereocenters. The van der Waals surface area contributed by atoms with Gasteiger partial charge in [-0.3, -0.25) is 4.79 Å². The van der Waals surface area contributed by atoms with Crippen molar-refractivity contribution in [2.24, 2.45) is 0 Å². The van der Waals surface area contributed by atoms with E-state index in [1.807, 2.05) is 0 Å². The van der Waals surface area contributed by atoms with Gasteiger partial charge < -0.3 is 14.8 Å². The molecule has 0 radical (unpaired) electrons. The summed E-state index contributed by atoms with van der Waals surface area (Å²) in [5.74, 6) is -0.0947. The van der Waals surface area contributed by atoms with Gasteiger partial charge in [-0.15, -0.1) is 0 Å². The van der Waals surface area contributed by atoms with Crippen LogP contribution in [0.3, 0.4) is 0 Å². The molecule has 1 fully saturated rings. The number of methoxy groups -OCH3 is 1. The molecule has 1 aliphatic heterocycles. The van der Waals surface area contributed by atoms with Crippen molar-refractivity contribution in [1.29, 1.82) is 0 Å². The molecule has 7 nitrogen and oxygen atoms in total. The van der Waals surface area contributed by atoms with Gasteiger partial charge in [-0.05, 0) is 37.0 Å². The highest BCUT2D eigenvalue weighted by molar-refractivity contribution is 7.94. The van der Waals surface area contributed by atoms with Crippen molar-refractivity contribution < 1.29 is 28.0 Å². The van der Waals surface area contributed by atoms with Crippen LogP contribution < -0.4 is 10.2 Å². The van der Waals surface area contributed by atoms with E-state index in [9.17, 15) is 23.3 Å². The topological polar surface area (TPSA) is 104 Å². The van der Waals surface area contributed by atoms with Gasteiger partial charge in [-0.2, -0.15) is 0 Å². The Bertz CT molecular complexity index is 685. The Morgan fingerprint density at radius 3 is 2.43 bits per heavy atom. The number of carbonyl (C=O) groups is 1. The first-order valence-electron chi connectivity index (χ1n) is 6.22. The fourth-order valence-corrected chi connectivity index (χ4v) is 3.67. The zero-order chi connectivity index (χ0) is 16.0. The van der Waals surface area contributed by atoms with E-state index >= 15 is 0 Å². The highest BCUT2D eigenvalue weighted by Crippen LogP contribution is 2.36. The summed E-state index contributed by atoms with van der Waals surface area (Å²) in [5.41, 5.74) is 0.431. The van der Waals surface area contributed by atoms with Gasteiger partial charge in [-0.25, -0.2) is 12.7 Å². The second-order valence-corrected chi connectivity index (χ2v) is 7.68. The first kappa shape index (κ1) is 15.8. The van der Waals surface area contributed by atoms with Gasteiger partial charge in [0.15, 0.2) is 4.75 Å². The second kappa shape index (κ2) is 5.01. The number of rotatable bonds is 4. The van der Waals surface area contributed by atoms with Crippen LogP contribution in [0, 0.1) is 0 Å². The molecule has 0 aliphatic carbocycles. The number of sulfonamides is 1. The van der Waals surface area contributed by atoms with E-state index < -0.39 is 27.8 Å². The van der Waals surface area contributed by atoms with Crippen LogP contribution in [0.5, 0.6) is 5.75 Å². The molecule has 2 rings (SSSR count). The molecule has 1 saturated heterocycles. The lowest BCUT2D eigenvalue weighted by atomic mass is 9.77. The van der Waals surface area contributed by atoms with Gasteiger partial charge in [-0.1, -0.05) is 6.07 Å². The number of carbonyl (C=O) groups excluding carboxylic acids is 1. The van der Waals surface area contributed by atoms with Crippen molar-refractivity contribution in [3.05, 3.63) is 23.8 Å². The van der Waals surface area contributed by atoms with E-state index in [1.54, 1.807) is 0 Å². The summed E-state index contributed by atoms with van der Waals surface area (Å²) >= 11 is 0. The Balaban J connectivity index is 2.38. The standard InChI is InChI=1S/C12H16BNO6S/c1-12(2)11(15)14(21(12,18)19)7-8-6-9(20-3)4-5-10(8)13(16)17/h4-6,16-17H,7H2,1-3H3. The Morgan fingerprint density at radius 2 is 1.95 bits per heavy atom. The first-order chi connectivity index (χ1) is 9.62. The Labute approximate surface area is 123 Å². The van der Waals surface area contributed by atoms with Crippen LogP contribution in [0.15, 0.2) is 18.2 Å². The van der Waals surface area contributed by atoms with Crippen molar-refractivity contribution in [3.8, 4) is 5.75 Å². The van der Waals surface area contributed by atoms with E-state index in [0.717, 1.165) is 4.31 Å². The normalized spacial score (nSPS) is 19.1. The van der Waals surface area contributed by atoms with Crippen LogP contribution in [-0.2, 0) is 21.4 Å². The molecule has 0 aromatic heterocycles. The molecular weight excluding hydrogens is 297 g/mol. The molecular formula is C12H16BNO6S. The van der Waals surface area contributed by atoms with Gasteiger partial charge in [0.1, 0.15) is 5.75 Å². The summed E-state index contributed by atoms with van der Waals surface area (Å²) in [4.78, 5) is 11.9. The fraction of sp³-hybridized carbons (Fsp3) is 0.417. The molecule has 0 spiro atoms. The number of benzene rings is 1. The number of amides is 1. The monoisotopic (exact) mass is 313 g/mol. The summed E-state index contributed by atoms with van der Waals surface area (Å²) in [7, 11) is -4.06. The average molecular weight is 313 g/mol. The minimum atomic E-state index is -3.73. The van der Waals surface area contributed by atoms with E-state index in [4.69, 9.17) is 4.74 Å². The zero-order valence-corrected chi connectivity index (χ0v) is 12.7. The van der Waals surface area contributed by atoms with Crippen LogP contribution in [0.25, 0.3) is 0 Å². The molecule has 1 aliphatic rings. The average Bonchev–Trinajstić information content (AvgIpc) is 2.43. The minimum Gasteiger partial charge on any atom is -0.497 e. The summed E-state index contributed by atoms with van der Waals surface area (Å²) in [6, 6.07) is 4.42. The van der Waals surface area contributed by atoms with Crippen molar-refractivity contribution in [1.82, 2.24) is 4.31 Å². The Kier molecular flexibility index (Phi) is 3.77. The first-order valence-corrected chi connectivity index (χ1v) is 7.66. The van der Waals surface area contributed by atoms with Crippen molar-refractivity contribution in [2.45, 2.75) is 25.1 Å². The molecule has 2 N–H and O–H groups in total. The molecule has 21 heavy (non-hydrogen) atoms. The van der Waals surface area contributed by atoms with E-state index in [1.165, 1.54) is 39.2 Å². The summed E-state index contributed by atoms with van der Waals surface area (Å²) < 4.78 is 28.5. The number of hydrogen-bond donors (Lipinski definition) is 2. The molecule has 1 amide bonds. The molecule has 114 valence electrons. The maximum Gasteiger partial charge on any atom is 0.488 e. The van der Waals surface area contributed by atoms with Gasteiger partial charge >= 0.3 is 7.12 Å². The predicted octanol–water partition coefficient (Wildman–Crippen LogP) is -1.17. The van der Waals surface area contributed by atoms with E-state index in [-0.39, 0.29) is 12.0 Å². The highest BCUT2D eigenvalue weighted by Gasteiger charge is 2.60. The van der Waals surface area contributed by atoms with Gasteiger partial charge in [0, 0.05) is 0 Å². The van der Waals surface area contributed by atoms with Crippen molar-refractivity contribution in [2.75, 3.05) is 7.11 Å². The maximum atomic E-state index is 12.1. The lowest BCUT2D eigenvalue weighted by Gasteiger charge is -2.43. The second-order valence-electron chi connectivity index (χ2n) is 5.27. The zero-order valence-electron chi connectivity index (χ0n) is 11.9. The third-order valence-electron chi connectivity index (χ3n) is 3.62. The number of hydrogen-bond acceptors (Lipinski definition) is 6. The summed E-state index contributed by atoms with van der Waals surface area (Å²) in [6.45, 7) is 2.43. The smallest absolute Gasteiger partial charge is 0.488 e. The van der Waals surface area contributed by atoms with Gasteiger partial charge in [0.2, 0.25) is 0 Å². The van der Waals surface area contributed by atoms with Gasteiger partial charge in [0.05, 0.1) is 13.7 Å². The molecule has 0 atom stereocenters. The van der Waals surface area contributed by atoms with Crippen LogP contribution in [0.1, 0.15) is 19.4 Å². The third kappa shape index (κ3) is 2.31. The SMILES string of the molecule is COc1ccc(B(O)O)c(CN2C(=O)C(C)(C)S2(=O)=O)c1. The number of nitrogens with zero attached hydrogens (tertiary/aromatic N) is 1. The predicted molar refractivity (Wildman–Crippen MR) is 76.4 cm³/mol.